The molecule has 0 aromatic heterocycles. The molecular weight excluding hydrogens is 366 g/mol. The lowest BCUT2D eigenvalue weighted by molar-refractivity contribution is -0.124. The van der Waals surface area contributed by atoms with Crippen molar-refractivity contribution in [1.82, 2.24) is 16.2 Å². The second-order valence-corrected chi connectivity index (χ2v) is 8.33. The van der Waals surface area contributed by atoms with Gasteiger partial charge in [0.05, 0.1) is 0 Å². The first kappa shape index (κ1) is 22.1. The van der Waals surface area contributed by atoms with Gasteiger partial charge in [-0.1, -0.05) is 65.0 Å². The Labute approximate surface area is 172 Å². The van der Waals surface area contributed by atoms with Crippen LogP contribution in [-0.4, -0.2) is 23.8 Å². The molecule has 3 N–H and O–H groups in total. The monoisotopic (exact) mass is 395 g/mol. The highest BCUT2D eigenvalue weighted by molar-refractivity contribution is 5.99. The smallest absolute Gasteiger partial charge is 0.269 e. The topological polar surface area (TPSA) is 87.3 Å². The van der Waals surface area contributed by atoms with Crippen LogP contribution in [0.4, 0.5) is 0 Å². The predicted octanol–water partition coefficient (Wildman–Crippen LogP) is 3.20. The van der Waals surface area contributed by atoms with Crippen LogP contribution in [0.25, 0.3) is 0 Å². The van der Waals surface area contributed by atoms with Crippen molar-refractivity contribution >= 4 is 17.7 Å². The normalized spacial score (nSPS) is 12.2. The summed E-state index contributed by atoms with van der Waals surface area (Å²) in [5, 5.41) is 2.75. The van der Waals surface area contributed by atoms with Gasteiger partial charge in [-0.05, 0) is 41.2 Å². The molecule has 0 saturated heterocycles. The van der Waals surface area contributed by atoms with Crippen LogP contribution in [0.5, 0.6) is 0 Å². The van der Waals surface area contributed by atoms with E-state index in [2.05, 4.69) is 36.9 Å². The van der Waals surface area contributed by atoms with Gasteiger partial charge in [-0.25, -0.2) is 0 Å². The molecule has 0 heterocycles. The van der Waals surface area contributed by atoms with E-state index in [4.69, 9.17) is 0 Å². The molecule has 0 unspecified atom stereocenters. The summed E-state index contributed by atoms with van der Waals surface area (Å²) in [4.78, 5) is 37.2. The van der Waals surface area contributed by atoms with Crippen LogP contribution in [0.2, 0.25) is 0 Å². The van der Waals surface area contributed by atoms with Gasteiger partial charge in [0.2, 0.25) is 0 Å². The Morgan fingerprint density at radius 3 is 1.83 bits per heavy atom. The Balaban J connectivity index is 2.00. The number of amides is 3. The number of hydrogen-bond acceptors (Lipinski definition) is 3. The fraction of sp³-hybridized carbons (Fsp3) is 0.348. The van der Waals surface area contributed by atoms with Crippen LogP contribution in [-0.2, 0) is 10.2 Å². The van der Waals surface area contributed by atoms with Gasteiger partial charge in [0, 0.05) is 11.1 Å². The van der Waals surface area contributed by atoms with Crippen LogP contribution in [0.1, 0.15) is 60.9 Å². The molecular formula is C23H29N3O3. The van der Waals surface area contributed by atoms with Crippen molar-refractivity contribution in [3.63, 3.8) is 0 Å². The van der Waals surface area contributed by atoms with Crippen LogP contribution < -0.4 is 16.2 Å². The minimum atomic E-state index is -0.791. The predicted molar refractivity (Wildman–Crippen MR) is 113 cm³/mol. The Morgan fingerprint density at radius 1 is 0.759 bits per heavy atom. The summed E-state index contributed by atoms with van der Waals surface area (Å²) in [7, 11) is 0. The Morgan fingerprint density at radius 2 is 1.31 bits per heavy atom. The molecule has 2 aromatic rings. The second-order valence-electron chi connectivity index (χ2n) is 8.33. The van der Waals surface area contributed by atoms with Crippen molar-refractivity contribution in [2.24, 2.45) is 5.92 Å². The van der Waals surface area contributed by atoms with Crippen LogP contribution in [0.3, 0.4) is 0 Å². The quantitative estimate of drug-likeness (QED) is 0.680. The third kappa shape index (κ3) is 6.17. The number of benzene rings is 2. The average Bonchev–Trinajstić information content (AvgIpc) is 2.69. The molecule has 0 spiro atoms. The van der Waals surface area contributed by atoms with Crippen molar-refractivity contribution in [3.05, 3.63) is 71.3 Å². The summed E-state index contributed by atoms with van der Waals surface area (Å²) in [5.74, 6) is -1.41. The van der Waals surface area contributed by atoms with Crippen molar-refractivity contribution in [2.75, 3.05) is 0 Å². The van der Waals surface area contributed by atoms with E-state index in [0.717, 1.165) is 5.56 Å². The van der Waals surface area contributed by atoms with E-state index in [0.29, 0.717) is 11.1 Å². The van der Waals surface area contributed by atoms with Gasteiger partial charge in [0.25, 0.3) is 17.7 Å². The van der Waals surface area contributed by atoms with Crippen LogP contribution in [0.15, 0.2) is 54.6 Å². The highest BCUT2D eigenvalue weighted by atomic mass is 16.2. The minimum absolute atomic E-state index is 0.00762. The maximum Gasteiger partial charge on any atom is 0.269 e. The average molecular weight is 396 g/mol. The third-order valence-corrected chi connectivity index (χ3v) is 4.58. The zero-order valence-corrected chi connectivity index (χ0v) is 17.6. The van der Waals surface area contributed by atoms with Gasteiger partial charge in [0.1, 0.15) is 6.04 Å². The molecule has 0 aliphatic rings. The highest BCUT2D eigenvalue weighted by Crippen LogP contribution is 2.22. The molecule has 29 heavy (non-hydrogen) atoms. The van der Waals surface area contributed by atoms with E-state index in [1.165, 1.54) is 0 Å². The highest BCUT2D eigenvalue weighted by Gasteiger charge is 2.25. The maximum absolute atomic E-state index is 12.6. The van der Waals surface area contributed by atoms with E-state index in [9.17, 15) is 14.4 Å². The molecule has 2 aromatic carbocycles. The number of hydrazine groups is 1. The number of nitrogens with one attached hydrogen (secondary N) is 3. The van der Waals surface area contributed by atoms with Crippen molar-refractivity contribution in [1.29, 1.82) is 0 Å². The van der Waals surface area contributed by atoms with Gasteiger partial charge in [0.15, 0.2) is 0 Å². The number of hydrogen-bond donors (Lipinski definition) is 3. The first-order valence-corrected chi connectivity index (χ1v) is 9.66. The van der Waals surface area contributed by atoms with Crippen molar-refractivity contribution in [2.45, 2.75) is 46.1 Å². The summed E-state index contributed by atoms with van der Waals surface area (Å²) in [6.45, 7) is 9.96. The fourth-order valence-corrected chi connectivity index (χ4v) is 2.74. The molecule has 0 saturated carbocycles. The SMILES string of the molecule is CC(C)[C@@H](NC(=O)c1ccc(C(C)(C)C)cc1)C(=O)NNC(=O)c1ccccc1. The van der Waals surface area contributed by atoms with Crippen molar-refractivity contribution < 1.29 is 14.4 Å². The van der Waals surface area contributed by atoms with E-state index in [-0.39, 0.29) is 17.2 Å². The fourth-order valence-electron chi connectivity index (χ4n) is 2.74. The lowest BCUT2D eigenvalue weighted by Gasteiger charge is -2.22. The molecule has 0 aliphatic heterocycles. The molecule has 6 heteroatoms. The van der Waals surface area contributed by atoms with Crippen LogP contribution in [0, 0.1) is 5.92 Å². The molecule has 0 radical (unpaired) electrons. The summed E-state index contributed by atoms with van der Waals surface area (Å²) >= 11 is 0. The van der Waals surface area contributed by atoms with Gasteiger partial charge >= 0.3 is 0 Å². The molecule has 154 valence electrons. The zero-order valence-electron chi connectivity index (χ0n) is 17.6. The Bertz CT molecular complexity index is 853. The molecule has 3 amide bonds. The van der Waals surface area contributed by atoms with E-state index in [1.54, 1.807) is 42.5 Å². The van der Waals surface area contributed by atoms with Gasteiger partial charge < -0.3 is 5.32 Å². The number of rotatable bonds is 5. The maximum atomic E-state index is 12.6. The first-order valence-electron chi connectivity index (χ1n) is 9.66. The first-order chi connectivity index (χ1) is 13.6. The molecule has 1 atom stereocenters. The standard InChI is InChI=1S/C23H29N3O3/c1-15(2)19(22(29)26-25-21(28)16-9-7-6-8-10-16)24-20(27)17-11-13-18(14-12-17)23(3,4)5/h6-15,19H,1-5H3,(H,24,27)(H,25,28)(H,26,29)/t19-/m1/s1. The molecule has 0 aliphatic carbocycles. The summed E-state index contributed by atoms with van der Waals surface area (Å²) in [5.41, 5.74) is 6.79. The van der Waals surface area contributed by atoms with Gasteiger partial charge in [-0.2, -0.15) is 0 Å². The number of carbonyl (C=O) groups excluding carboxylic acids is 3. The van der Waals surface area contributed by atoms with Gasteiger partial charge in [-0.3, -0.25) is 25.2 Å². The van der Waals surface area contributed by atoms with E-state index < -0.39 is 17.9 Å². The van der Waals surface area contributed by atoms with Crippen LogP contribution >= 0.6 is 0 Å². The van der Waals surface area contributed by atoms with E-state index in [1.807, 2.05) is 26.0 Å². The molecule has 6 nitrogen and oxygen atoms in total. The zero-order chi connectivity index (χ0) is 21.6. The Hall–Kier alpha value is -3.15. The molecule has 0 bridgehead atoms. The van der Waals surface area contributed by atoms with E-state index >= 15 is 0 Å². The lowest BCUT2D eigenvalue weighted by atomic mass is 9.86. The largest absolute Gasteiger partial charge is 0.340 e. The second kappa shape index (κ2) is 9.37. The lowest BCUT2D eigenvalue weighted by Crippen LogP contribution is -2.54. The Kier molecular flexibility index (Phi) is 7.15. The summed E-state index contributed by atoms with van der Waals surface area (Å²) in [6, 6.07) is 15.1. The van der Waals surface area contributed by atoms with Crippen molar-refractivity contribution in [3.8, 4) is 0 Å². The molecule has 2 rings (SSSR count). The third-order valence-electron chi connectivity index (χ3n) is 4.58. The van der Waals surface area contributed by atoms with Gasteiger partial charge in [-0.15, -0.1) is 0 Å². The summed E-state index contributed by atoms with van der Waals surface area (Å²) < 4.78 is 0. The summed E-state index contributed by atoms with van der Waals surface area (Å²) in [6.07, 6.45) is 0. The number of carbonyl (C=O) groups is 3. The minimum Gasteiger partial charge on any atom is -0.340 e. The molecule has 0 fully saturated rings.